The molecule has 90 valence electrons. The Kier molecular flexibility index (Phi) is 3.94. The highest BCUT2D eigenvalue weighted by molar-refractivity contribution is 5.90. The van der Waals surface area contributed by atoms with Crippen LogP contribution in [-0.4, -0.2) is 19.1 Å². The van der Waals surface area contributed by atoms with Gasteiger partial charge in [-0.05, 0) is 24.5 Å². The van der Waals surface area contributed by atoms with Crippen LogP contribution in [0.2, 0.25) is 0 Å². The van der Waals surface area contributed by atoms with Gasteiger partial charge < -0.3 is 10.1 Å². The van der Waals surface area contributed by atoms with Gasteiger partial charge in [0.1, 0.15) is 0 Å². The molecule has 1 N–H and O–H groups in total. The zero-order chi connectivity index (χ0) is 12.1. The van der Waals surface area contributed by atoms with Crippen molar-refractivity contribution in [1.29, 1.82) is 0 Å². The summed E-state index contributed by atoms with van der Waals surface area (Å²) in [6.45, 7) is 0.706. The Bertz CT molecular complexity index is 418. The molecule has 3 heteroatoms. The topological polar surface area (TPSA) is 38.3 Å². The first kappa shape index (κ1) is 11.9. The molecule has 1 aliphatic carbocycles. The lowest BCUT2D eigenvalue weighted by Crippen LogP contribution is -2.26. The summed E-state index contributed by atoms with van der Waals surface area (Å²) < 4.78 is 4.77. The van der Waals surface area contributed by atoms with Crippen molar-refractivity contribution in [3.05, 3.63) is 47.5 Å². The Morgan fingerprint density at radius 1 is 1.35 bits per heavy atom. The van der Waals surface area contributed by atoms with E-state index in [9.17, 15) is 4.79 Å². The number of carbonyl (C=O) groups is 1. The highest BCUT2D eigenvalue weighted by Gasteiger charge is 2.13. The van der Waals surface area contributed by atoms with Gasteiger partial charge in [0.05, 0.1) is 12.7 Å². The molecule has 2 rings (SSSR count). The average Bonchev–Trinajstić information content (AvgIpc) is 2.89. The van der Waals surface area contributed by atoms with Crippen LogP contribution < -0.4 is 5.32 Å². The standard InChI is InChI=1S/C14H17NO2/c1-17-14(16)13-9-5-2-6-11(13)10-15-12-7-3-4-8-12/h2-6,9,12,15H,7-8,10H2,1H3. The second kappa shape index (κ2) is 5.64. The van der Waals surface area contributed by atoms with Gasteiger partial charge in [0, 0.05) is 12.6 Å². The van der Waals surface area contributed by atoms with Gasteiger partial charge in [-0.1, -0.05) is 30.4 Å². The van der Waals surface area contributed by atoms with Crippen LogP contribution in [0.1, 0.15) is 28.8 Å². The van der Waals surface area contributed by atoms with Crippen LogP contribution in [0.15, 0.2) is 36.4 Å². The van der Waals surface area contributed by atoms with Crippen molar-refractivity contribution in [2.24, 2.45) is 0 Å². The van der Waals surface area contributed by atoms with Gasteiger partial charge in [-0.15, -0.1) is 0 Å². The minimum Gasteiger partial charge on any atom is -0.465 e. The molecular weight excluding hydrogens is 214 g/mol. The van der Waals surface area contributed by atoms with Crippen LogP contribution in [0, 0.1) is 0 Å². The van der Waals surface area contributed by atoms with Crippen LogP contribution in [0.3, 0.4) is 0 Å². The van der Waals surface area contributed by atoms with E-state index in [-0.39, 0.29) is 5.97 Å². The second-order valence-electron chi connectivity index (χ2n) is 4.17. The van der Waals surface area contributed by atoms with Gasteiger partial charge in [0.15, 0.2) is 0 Å². The molecule has 1 aromatic carbocycles. The number of hydrogen-bond donors (Lipinski definition) is 1. The maximum atomic E-state index is 11.6. The monoisotopic (exact) mass is 231 g/mol. The van der Waals surface area contributed by atoms with E-state index in [0.717, 1.165) is 18.4 Å². The Morgan fingerprint density at radius 3 is 2.76 bits per heavy atom. The van der Waals surface area contributed by atoms with Gasteiger partial charge in [-0.3, -0.25) is 0 Å². The molecule has 0 saturated heterocycles. The van der Waals surface area contributed by atoms with Gasteiger partial charge in [0.2, 0.25) is 0 Å². The molecule has 0 aliphatic heterocycles. The highest BCUT2D eigenvalue weighted by Crippen LogP contribution is 2.13. The van der Waals surface area contributed by atoms with Crippen molar-refractivity contribution in [3.8, 4) is 0 Å². The zero-order valence-electron chi connectivity index (χ0n) is 9.98. The summed E-state index contributed by atoms with van der Waals surface area (Å²) in [7, 11) is 1.41. The first-order valence-electron chi connectivity index (χ1n) is 5.86. The van der Waals surface area contributed by atoms with Crippen molar-refractivity contribution in [2.45, 2.75) is 25.4 Å². The van der Waals surface area contributed by atoms with Crippen LogP contribution >= 0.6 is 0 Å². The molecule has 3 nitrogen and oxygen atoms in total. The Labute approximate surface area is 101 Å². The van der Waals surface area contributed by atoms with E-state index in [0.29, 0.717) is 18.2 Å². The molecule has 0 bridgehead atoms. The Hall–Kier alpha value is -1.61. The number of esters is 1. The van der Waals surface area contributed by atoms with E-state index >= 15 is 0 Å². The fraction of sp³-hybridized carbons (Fsp3) is 0.357. The van der Waals surface area contributed by atoms with Gasteiger partial charge in [-0.2, -0.15) is 0 Å². The summed E-state index contributed by atoms with van der Waals surface area (Å²) in [4.78, 5) is 11.6. The average molecular weight is 231 g/mol. The van der Waals surface area contributed by atoms with Crippen molar-refractivity contribution < 1.29 is 9.53 Å². The fourth-order valence-corrected chi connectivity index (χ4v) is 2.02. The third-order valence-corrected chi connectivity index (χ3v) is 3.01. The molecule has 0 fully saturated rings. The summed E-state index contributed by atoms with van der Waals surface area (Å²) in [5.74, 6) is -0.271. The van der Waals surface area contributed by atoms with Gasteiger partial charge in [-0.25, -0.2) is 4.79 Å². The summed E-state index contributed by atoms with van der Waals surface area (Å²) in [6.07, 6.45) is 6.51. The number of rotatable bonds is 4. The molecule has 0 atom stereocenters. The number of hydrogen-bond acceptors (Lipinski definition) is 3. The predicted molar refractivity (Wildman–Crippen MR) is 66.8 cm³/mol. The SMILES string of the molecule is COC(=O)c1ccccc1CNC1CC=CC1. The van der Waals surface area contributed by atoms with Crippen LogP contribution in [0.5, 0.6) is 0 Å². The third kappa shape index (κ3) is 2.94. The number of carbonyl (C=O) groups excluding carboxylic acids is 1. The van der Waals surface area contributed by atoms with E-state index in [1.807, 2.05) is 18.2 Å². The summed E-state index contributed by atoms with van der Waals surface area (Å²) in [5, 5.41) is 3.45. The van der Waals surface area contributed by atoms with Crippen LogP contribution in [-0.2, 0) is 11.3 Å². The third-order valence-electron chi connectivity index (χ3n) is 3.01. The van der Waals surface area contributed by atoms with Crippen molar-refractivity contribution in [2.75, 3.05) is 7.11 Å². The van der Waals surface area contributed by atoms with E-state index in [2.05, 4.69) is 17.5 Å². The maximum absolute atomic E-state index is 11.6. The zero-order valence-corrected chi connectivity index (χ0v) is 9.98. The van der Waals surface area contributed by atoms with E-state index < -0.39 is 0 Å². The molecule has 17 heavy (non-hydrogen) atoms. The predicted octanol–water partition coefficient (Wildman–Crippen LogP) is 2.28. The molecule has 0 saturated carbocycles. The van der Waals surface area contributed by atoms with E-state index in [1.165, 1.54) is 7.11 Å². The summed E-state index contributed by atoms with van der Waals surface area (Å²) in [5.41, 5.74) is 1.64. The quantitative estimate of drug-likeness (QED) is 0.638. The lowest BCUT2D eigenvalue weighted by molar-refractivity contribution is 0.0599. The maximum Gasteiger partial charge on any atom is 0.338 e. The van der Waals surface area contributed by atoms with Crippen molar-refractivity contribution >= 4 is 5.97 Å². The normalized spacial score (nSPS) is 15.1. The smallest absolute Gasteiger partial charge is 0.338 e. The number of nitrogens with one attached hydrogen (secondary N) is 1. The number of ether oxygens (including phenoxy) is 1. The largest absolute Gasteiger partial charge is 0.465 e. The number of methoxy groups -OCH3 is 1. The van der Waals surface area contributed by atoms with Gasteiger partial charge in [0.25, 0.3) is 0 Å². The van der Waals surface area contributed by atoms with E-state index in [4.69, 9.17) is 4.74 Å². The Morgan fingerprint density at radius 2 is 2.06 bits per heavy atom. The lowest BCUT2D eigenvalue weighted by atomic mass is 10.1. The number of benzene rings is 1. The molecule has 0 unspecified atom stereocenters. The minimum atomic E-state index is -0.271. The van der Waals surface area contributed by atoms with Crippen LogP contribution in [0.4, 0.5) is 0 Å². The first-order chi connectivity index (χ1) is 8.31. The van der Waals surface area contributed by atoms with Crippen molar-refractivity contribution in [1.82, 2.24) is 5.32 Å². The summed E-state index contributed by atoms with van der Waals surface area (Å²) >= 11 is 0. The molecular formula is C14H17NO2. The van der Waals surface area contributed by atoms with Crippen molar-refractivity contribution in [3.63, 3.8) is 0 Å². The molecule has 0 amide bonds. The lowest BCUT2D eigenvalue weighted by Gasteiger charge is -2.13. The van der Waals surface area contributed by atoms with Gasteiger partial charge >= 0.3 is 5.97 Å². The molecule has 1 aromatic rings. The highest BCUT2D eigenvalue weighted by atomic mass is 16.5. The fourth-order valence-electron chi connectivity index (χ4n) is 2.02. The molecule has 1 aliphatic rings. The molecule has 0 radical (unpaired) electrons. The second-order valence-corrected chi connectivity index (χ2v) is 4.17. The minimum absolute atomic E-state index is 0.271. The molecule has 0 aromatic heterocycles. The van der Waals surface area contributed by atoms with E-state index in [1.54, 1.807) is 6.07 Å². The Balaban J connectivity index is 2.01. The molecule has 0 heterocycles. The summed E-state index contributed by atoms with van der Waals surface area (Å²) in [6, 6.07) is 8.06. The molecule has 0 spiro atoms. The van der Waals surface area contributed by atoms with Crippen LogP contribution in [0.25, 0.3) is 0 Å². The first-order valence-corrected chi connectivity index (χ1v) is 5.86.